The summed E-state index contributed by atoms with van der Waals surface area (Å²) in [6.07, 6.45) is 1.67. The Hall–Kier alpha value is -2.31. The number of halogens is 2. The Kier molecular flexibility index (Phi) is 5.87. The quantitative estimate of drug-likeness (QED) is 0.515. The van der Waals surface area contributed by atoms with Crippen LogP contribution in [0.15, 0.2) is 52.6 Å². The summed E-state index contributed by atoms with van der Waals surface area (Å²) in [6.45, 7) is 6.00. The van der Waals surface area contributed by atoms with Crippen LogP contribution in [0.5, 0.6) is 0 Å². The van der Waals surface area contributed by atoms with E-state index in [2.05, 4.69) is 40.0 Å². The van der Waals surface area contributed by atoms with E-state index in [-0.39, 0.29) is 5.70 Å². The zero-order valence-electron chi connectivity index (χ0n) is 15.0. The highest BCUT2D eigenvalue weighted by molar-refractivity contribution is 9.10. The SMILES string of the molecule is CCN(CC)c1ccc(/C=C2/NC(=O)N(c3cccc(Cl)c3)C2=O)cc1Br. The molecule has 0 aromatic heterocycles. The number of nitrogens with one attached hydrogen (secondary N) is 1. The summed E-state index contributed by atoms with van der Waals surface area (Å²) in [5.74, 6) is -0.411. The van der Waals surface area contributed by atoms with Crippen LogP contribution in [0.3, 0.4) is 0 Å². The Morgan fingerprint density at radius 2 is 1.89 bits per heavy atom. The predicted octanol–water partition coefficient (Wildman–Crippen LogP) is 5.05. The van der Waals surface area contributed by atoms with E-state index in [0.29, 0.717) is 10.7 Å². The van der Waals surface area contributed by atoms with E-state index in [1.165, 1.54) is 0 Å². The third-order valence-electron chi connectivity index (χ3n) is 4.33. The van der Waals surface area contributed by atoms with E-state index in [0.717, 1.165) is 33.7 Å². The molecule has 3 amide bonds. The number of amides is 3. The zero-order valence-corrected chi connectivity index (χ0v) is 17.3. The minimum absolute atomic E-state index is 0.225. The molecule has 1 fully saturated rings. The van der Waals surface area contributed by atoms with Crippen molar-refractivity contribution in [1.29, 1.82) is 0 Å². The van der Waals surface area contributed by atoms with Crippen LogP contribution in [0.2, 0.25) is 5.02 Å². The number of hydrogen-bond donors (Lipinski definition) is 1. The predicted molar refractivity (Wildman–Crippen MR) is 113 cm³/mol. The normalized spacial score (nSPS) is 15.4. The fourth-order valence-electron chi connectivity index (χ4n) is 2.99. The van der Waals surface area contributed by atoms with Gasteiger partial charge in [0.2, 0.25) is 0 Å². The zero-order chi connectivity index (χ0) is 19.6. The van der Waals surface area contributed by atoms with Crippen molar-refractivity contribution in [2.24, 2.45) is 0 Å². The van der Waals surface area contributed by atoms with E-state index in [9.17, 15) is 9.59 Å². The summed E-state index contributed by atoms with van der Waals surface area (Å²) in [5, 5.41) is 3.09. The molecule has 1 heterocycles. The highest BCUT2D eigenvalue weighted by Crippen LogP contribution is 2.29. The molecule has 1 aliphatic rings. The Morgan fingerprint density at radius 3 is 2.52 bits per heavy atom. The second kappa shape index (κ2) is 8.15. The first-order chi connectivity index (χ1) is 12.9. The summed E-state index contributed by atoms with van der Waals surface area (Å²) in [7, 11) is 0. The van der Waals surface area contributed by atoms with Crippen molar-refractivity contribution >= 4 is 56.9 Å². The van der Waals surface area contributed by atoms with Gasteiger partial charge < -0.3 is 10.2 Å². The summed E-state index contributed by atoms with van der Waals surface area (Å²) in [4.78, 5) is 28.3. The number of rotatable bonds is 5. The standard InChI is InChI=1S/C20H19BrClN3O2/c1-3-24(4-2)18-9-8-13(10-16(18)21)11-17-19(26)25(20(27)23-17)15-7-5-6-14(22)12-15/h5-12H,3-4H2,1-2H3,(H,23,27)/b17-11+. The maximum Gasteiger partial charge on any atom is 0.333 e. The van der Waals surface area contributed by atoms with Crippen LogP contribution in [0.25, 0.3) is 6.08 Å². The molecule has 7 heteroatoms. The van der Waals surface area contributed by atoms with E-state index < -0.39 is 11.9 Å². The molecule has 0 bridgehead atoms. The average Bonchev–Trinajstić information content (AvgIpc) is 2.91. The highest BCUT2D eigenvalue weighted by Gasteiger charge is 2.34. The second-order valence-electron chi connectivity index (χ2n) is 5.99. The molecule has 0 radical (unpaired) electrons. The Morgan fingerprint density at radius 1 is 1.15 bits per heavy atom. The van der Waals surface area contributed by atoms with E-state index in [1.54, 1.807) is 30.3 Å². The molecule has 2 aromatic rings. The number of carbonyl (C=O) groups excluding carboxylic acids is 2. The average molecular weight is 449 g/mol. The lowest BCUT2D eigenvalue weighted by molar-refractivity contribution is -0.113. The summed E-state index contributed by atoms with van der Waals surface area (Å²) >= 11 is 9.57. The molecule has 27 heavy (non-hydrogen) atoms. The maximum absolute atomic E-state index is 12.7. The largest absolute Gasteiger partial charge is 0.371 e. The van der Waals surface area contributed by atoms with Crippen LogP contribution in [0.1, 0.15) is 19.4 Å². The lowest BCUT2D eigenvalue weighted by Gasteiger charge is -2.22. The van der Waals surface area contributed by atoms with Gasteiger partial charge in [-0.15, -0.1) is 0 Å². The van der Waals surface area contributed by atoms with Gasteiger partial charge in [-0.2, -0.15) is 0 Å². The number of nitrogens with zero attached hydrogens (tertiary/aromatic N) is 2. The van der Waals surface area contributed by atoms with Crippen LogP contribution in [-0.4, -0.2) is 25.0 Å². The van der Waals surface area contributed by atoms with Crippen molar-refractivity contribution in [2.45, 2.75) is 13.8 Å². The highest BCUT2D eigenvalue weighted by atomic mass is 79.9. The fourth-order valence-corrected chi connectivity index (χ4v) is 3.82. The van der Waals surface area contributed by atoms with Crippen molar-refractivity contribution < 1.29 is 9.59 Å². The van der Waals surface area contributed by atoms with Gasteiger partial charge in [0, 0.05) is 22.6 Å². The fraction of sp³-hybridized carbons (Fsp3) is 0.200. The summed E-state index contributed by atoms with van der Waals surface area (Å²) in [6, 6.07) is 12.0. The number of urea groups is 1. The van der Waals surface area contributed by atoms with Crippen LogP contribution in [-0.2, 0) is 4.79 Å². The van der Waals surface area contributed by atoms with Gasteiger partial charge in [0.25, 0.3) is 5.91 Å². The monoisotopic (exact) mass is 447 g/mol. The summed E-state index contributed by atoms with van der Waals surface area (Å²) < 4.78 is 0.934. The third-order valence-corrected chi connectivity index (χ3v) is 5.20. The van der Waals surface area contributed by atoms with Gasteiger partial charge in [-0.05, 0) is 71.7 Å². The van der Waals surface area contributed by atoms with E-state index >= 15 is 0 Å². The first kappa shape index (κ1) is 19.5. The molecule has 5 nitrogen and oxygen atoms in total. The van der Waals surface area contributed by atoms with Gasteiger partial charge in [-0.3, -0.25) is 4.79 Å². The molecular formula is C20H19BrClN3O2. The minimum Gasteiger partial charge on any atom is -0.371 e. The summed E-state index contributed by atoms with van der Waals surface area (Å²) in [5.41, 5.74) is 2.56. The first-order valence-electron chi connectivity index (χ1n) is 8.61. The maximum atomic E-state index is 12.7. The Bertz CT molecular complexity index is 925. The number of anilines is 2. The first-order valence-corrected chi connectivity index (χ1v) is 9.79. The molecule has 3 rings (SSSR count). The third kappa shape index (κ3) is 4.01. The molecule has 1 aliphatic heterocycles. The van der Waals surface area contributed by atoms with Crippen LogP contribution in [0.4, 0.5) is 16.2 Å². The van der Waals surface area contributed by atoms with Gasteiger partial charge in [0.15, 0.2) is 0 Å². The molecule has 0 aliphatic carbocycles. The molecule has 1 saturated heterocycles. The van der Waals surface area contributed by atoms with Crippen LogP contribution in [0, 0.1) is 0 Å². The molecule has 2 aromatic carbocycles. The molecule has 0 spiro atoms. The van der Waals surface area contributed by atoms with Gasteiger partial charge in [0.1, 0.15) is 5.70 Å². The Balaban J connectivity index is 1.89. The van der Waals surface area contributed by atoms with Gasteiger partial charge in [0.05, 0.1) is 11.4 Å². The van der Waals surface area contributed by atoms with Crippen LogP contribution < -0.4 is 15.1 Å². The van der Waals surface area contributed by atoms with Crippen molar-refractivity contribution in [3.05, 3.63) is 63.2 Å². The van der Waals surface area contributed by atoms with Crippen LogP contribution >= 0.6 is 27.5 Å². The lowest BCUT2D eigenvalue weighted by Crippen LogP contribution is -2.30. The van der Waals surface area contributed by atoms with E-state index in [1.807, 2.05) is 18.2 Å². The number of benzene rings is 2. The number of hydrogen-bond acceptors (Lipinski definition) is 3. The van der Waals surface area contributed by atoms with Crippen molar-refractivity contribution in [1.82, 2.24) is 5.32 Å². The molecule has 1 N–H and O–H groups in total. The molecule has 0 atom stereocenters. The number of imide groups is 1. The van der Waals surface area contributed by atoms with Crippen molar-refractivity contribution in [3.63, 3.8) is 0 Å². The molecule has 140 valence electrons. The molecule has 0 saturated carbocycles. The lowest BCUT2D eigenvalue weighted by atomic mass is 10.1. The van der Waals surface area contributed by atoms with Crippen molar-refractivity contribution in [2.75, 3.05) is 22.9 Å². The number of carbonyl (C=O) groups is 2. The van der Waals surface area contributed by atoms with Gasteiger partial charge in [-0.1, -0.05) is 23.7 Å². The minimum atomic E-state index is -0.493. The van der Waals surface area contributed by atoms with Gasteiger partial charge in [-0.25, -0.2) is 9.69 Å². The topological polar surface area (TPSA) is 52.7 Å². The van der Waals surface area contributed by atoms with Crippen molar-refractivity contribution in [3.8, 4) is 0 Å². The second-order valence-corrected chi connectivity index (χ2v) is 7.28. The Labute approximate surface area is 171 Å². The van der Waals surface area contributed by atoms with Gasteiger partial charge >= 0.3 is 6.03 Å². The molecule has 0 unspecified atom stereocenters. The smallest absolute Gasteiger partial charge is 0.333 e. The molecular weight excluding hydrogens is 430 g/mol. The van der Waals surface area contributed by atoms with E-state index in [4.69, 9.17) is 11.6 Å².